The summed E-state index contributed by atoms with van der Waals surface area (Å²) >= 11 is 0. The summed E-state index contributed by atoms with van der Waals surface area (Å²) in [5.74, 6) is 1.04. The molecule has 0 radical (unpaired) electrons. The first-order valence-corrected chi connectivity index (χ1v) is 8.21. The molecule has 0 aliphatic carbocycles. The maximum Gasteiger partial charge on any atom is 0.191 e. The van der Waals surface area contributed by atoms with E-state index in [1.165, 1.54) is 12.1 Å². The van der Waals surface area contributed by atoms with Gasteiger partial charge in [-0.3, -0.25) is 0 Å². The van der Waals surface area contributed by atoms with E-state index in [1.807, 2.05) is 37.3 Å². The topological polar surface area (TPSA) is 65.9 Å². The number of guanidine groups is 1. The molecule has 0 aromatic heterocycles. The van der Waals surface area contributed by atoms with Gasteiger partial charge in [-0.05, 0) is 42.3 Å². The molecular formula is C19H25FIN3O2. The lowest BCUT2D eigenvalue weighted by molar-refractivity contribution is 0.180. The van der Waals surface area contributed by atoms with Gasteiger partial charge in [0.05, 0.1) is 19.8 Å². The van der Waals surface area contributed by atoms with Crippen LogP contribution in [-0.4, -0.2) is 31.3 Å². The molecule has 0 heterocycles. The number of hydrogen-bond acceptors (Lipinski definition) is 3. The number of rotatable bonds is 7. The van der Waals surface area contributed by atoms with Crippen molar-refractivity contribution in [1.82, 2.24) is 10.6 Å². The number of nitrogens with one attached hydrogen (secondary N) is 2. The second-order valence-corrected chi connectivity index (χ2v) is 5.49. The summed E-state index contributed by atoms with van der Waals surface area (Å²) < 4.78 is 18.3. The molecule has 2 aromatic rings. The van der Waals surface area contributed by atoms with Crippen molar-refractivity contribution < 1.29 is 14.2 Å². The molecule has 0 fully saturated rings. The Hall–Kier alpha value is -1.87. The number of aliphatic hydroxyl groups excluding tert-OH is 1. The van der Waals surface area contributed by atoms with Crippen LogP contribution >= 0.6 is 24.0 Å². The summed E-state index contributed by atoms with van der Waals surface area (Å²) in [7, 11) is 1.60. The monoisotopic (exact) mass is 473 g/mol. The van der Waals surface area contributed by atoms with Gasteiger partial charge in [0, 0.05) is 13.1 Å². The van der Waals surface area contributed by atoms with E-state index in [-0.39, 0.29) is 29.8 Å². The number of ether oxygens (including phenoxy) is 1. The van der Waals surface area contributed by atoms with Gasteiger partial charge in [-0.25, -0.2) is 9.38 Å². The highest BCUT2D eigenvalue weighted by atomic mass is 127. The van der Waals surface area contributed by atoms with Crippen molar-refractivity contribution in [2.75, 3.05) is 20.2 Å². The molecule has 0 aliphatic heterocycles. The summed E-state index contributed by atoms with van der Waals surface area (Å²) in [5, 5.41) is 16.5. The number of aliphatic hydroxyl groups is 1. The third kappa shape index (κ3) is 7.17. The summed E-state index contributed by atoms with van der Waals surface area (Å²) in [6, 6.07) is 13.6. The van der Waals surface area contributed by atoms with Gasteiger partial charge in [0.2, 0.25) is 0 Å². The van der Waals surface area contributed by atoms with Gasteiger partial charge in [0.25, 0.3) is 0 Å². The predicted octanol–water partition coefficient (Wildman–Crippen LogP) is 3.24. The highest BCUT2D eigenvalue weighted by molar-refractivity contribution is 14.0. The molecule has 2 rings (SSSR count). The highest BCUT2D eigenvalue weighted by Crippen LogP contribution is 2.16. The van der Waals surface area contributed by atoms with Gasteiger partial charge >= 0.3 is 0 Å². The van der Waals surface area contributed by atoms with E-state index >= 15 is 0 Å². The number of benzene rings is 2. The van der Waals surface area contributed by atoms with Crippen LogP contribution in [0.1, 0.15) is 24.2 Å². The first kappa shape index (κ1) is 22.2. The number of methoxy groups -OCH3 is 1. The van der Waals surface area contributed by atoms with Crippen LogP contribution in [0.2, 0.25) is 0 Å². The molecule has 5 nitrogen and oxygen atoms in total. The van der Waals surface area contributed by atoms with E-state index in [2.05, 4.69) is 15.6 Å². The quantitative estimate of drug-likeness (QED) is 0.328. The third-order valence-corrected chi connectivity index (χ3v) is 3.62. The second kappa shape index (κ2) is 11.7. The largest absolute Gasteiger partial charge is 0.497 e. The van der Waals surface area contributed by atoms with E-state index < -0.39 is 6.10 Å². The van der Waals surface area contributed by atoms with Crippen LogP contribution in [0, 0.1) is 5.82 Å². The minimum absolute atomic E-state index is 0. The molecule has 1 unspecified atom stereocenters. The van der Waals surface area contributed by atoms with Crippen molar-refractivity contribution >= 4 is 29.9 Å². The molecule has 3 N–H and O–H groups in total. The van der Waals surface area contributed by atoms with E-state index in [9.17, 15) is 9.50 Å². The van der Waals surface area contributed by atoms with Crippen LogP contribution in [0.15, 0.2) is 53.5 Å². The fourth-order valence-corrected chi connectivity index (χ4v) is 2.28. The van der Waals surface area contributed by atoms with Crippen LogP contribution < -0.4 is 15.4 Å². The molecule has 0 amide bonds. The summed E-state index contributed by atoms with van der Waals surface area (Å²) in [4.78, 5) is 4.41. The van der Waals surface area contributed by atoms with Crippen LogP contribution in [-0.2, 0) is 6.54 Å². The minimum atomic E-state index is -0.677. The molecule has 26 heavy (non-hydrogen) atoms. The fraction of sp³-hybridized carbons (Fsp3) is 0.316. The van der Waals surface area contributed by atoms with Gasteiger partial charge in [0.1, 0.15) is 11.6 Å². The Kier molecular flexibility index (Phi) is 9.97. The summed E-state index contributed by atoms with van der Waals surface area (Å²) in [5.41, 5.74) is 1.57. The molecule has 7 heteroatoms. The van der Waals surface area contributed by atoms with Gasteiger partial charge in [0.15, 0.2) is 5.96 Å². The van der Waals surface area contributed by atoms with Crippen molar-refractivity contribution in [1.29, 1.82) is 0 Å². The summed E-state index contributed by atoms with van der Waals surface area (Å²) in [6.07, 6.45) is -0.677. The number of halogens is 2. The van der Waals surface area contributed by atoms with Crippen molar-refractivity contribution in [2.24, 2.45) is 4.99 Å². The maximum atomic E-state index is 13.2. The van der Waals surface area contributed by atoms with Gasteiger partial charge < -0.3 is 20.5 Å². The van der Waals surface area contributed by atoms with Gasteiger partial charge in [-0.15, -0.1) is 24.0 Å². The molecule has 0 bridgehead atoms. The predicted molar refractivity (Wildman–Crippen MR) is 113 cm³/mol. The second-order valence-electron chi connectivity index (χ2n) is 5.49. The lowest BCUT2D eigenvalue weighted by Crippen LogP contribution is -2.39. The van der Waals surface area contributed by atoms with Crippen molar-refractivity contribution in [3.63, 3.8) is 0 Å². The molecule has 2 aromatic carbocycles. The standard InChI is InChI=1S/C19H24FN3O2.HI/c1-3-21-19(22-12-14-5-4-6-16(20)11-14)23-13-18(24)15-7-9-17(25-2)10-8-15;/h4-11,18,24H,3,12-13H2,1-2H3,(H2,21,22,23);1H. The highest BCUT2D eigenvalue weighted by Gasteiger charge is 2.08. The molecular weight excluding hydrogens is 448 g/mol. The zero-order valence-corrected chi connectivity index (χ0v) is 17.2. The van der Waals surface area contributed by atoms with Crippen LogP contribution in [0.4, 0.5) is 4.39 Å². The van der Waals surface area contributed by atoms with Crippen LogP contribution in [0.3, 0.4) is 0 Å². The smallest absolute Gasteiger partial charge is 0.191 e. The van der Waals surface area contributed by atoms with Gasteiger partial charge in [-0.2, -0.15) is 0 Å². The van der Waals surface area contributed by atoms with Crippen LogP contribution in [0.25, 0.3) is 0 Å². The lowest BCUT2D eigenvalue weighted by atomic mass is 10.1. The van der Waals surface area contributed by atoms with Crippen molar-refractivity contribution in [3.05, 3.63) is 65.5 Å². The average Bonchev–Trinajstić information content (AvgIpc) is 2.64. The van der Waals surface area contributed by atoms with E-state index in [1.54, 1.807) is 13.2 Å². The third-order valence-electron chi connectivity index (χ3n) is 3.62. The number of hydrogen-bond donors (Lipinski definition) is 3. The first-order valence-electron chi connectivity index (χ1n) is 8.21. The Labute approximate surface area is 170 Å². The Bertz CT molecular complexity index is 695. The average molecular weight is 473 g/mol. The molecule has 0 saturated carbocycles. The molecule has 1 atom stereocenters. The van der Waals surface area contributed by atoms with Crippen molar-refractivity contribution in [2.45, 2.75) is 19.6 Å². The van der Waals surface area contributed by atoms with Gasteiger partial charge in [-0.1, -0.05) is 24.3 Å². The Morgan fingerprint density at radius 3 is 2.54 bits per heavy atom. The van der Waals surface area contributed by atoms with Crippen molar-refractivity contribution in [3.8, 4) is 5.75 Å². The fourth-order valence-electron chi connectivity index (χ4n) is 2.28. The first-order chi connectivity index (χ1) is 12.1. The lowest BCUT2D eigenvalue weighted by Gasteiger charge is -2.16. The Morgan fingerprint density at radius 1 is 1.19 bits per heavy atom. The normalized spacial score (nSPS) is 12.1. The zero-order chi connectivity index (χ0) is 18.1. The minimum Gasteiger partial charge on any atom is -0.497 e. The Balaban J connectivity index is 0.00000338. The number of nitrogens with zero attached hydrogens (tertiary/aromatic N) is 1. The maximum absolute atomic E-state index is 13.2. The summed E-state index contributed by atoms with van der Waals surface area (Å²) in [6.45, 7) is 3.31. The van der Waals surface area contributed by atoms with E-state index in [4.69, 9.17) is 4.74 Å². The SMILES string of the molecule is CCNC(=NCc1cccc(F)c1)NCC(O)c1ccc(OC)cc1.I. The van der Waals surface area contributed by atoms with E-state index in [0.29, 0.717) is 25.6 Å². The van der Waals surface area contributed by atoms with Crippen LogP contribution in [0.5, 0.6) is 5.75 Å². The molecule has 0 aliphatic rings. The zero-order valence-electron chi connectivity index (χ0n) is 14.9. The molecule has 0 saturated heterocycles. The van der Waals surface area contributed by atoms with E-state index in [0.717, 1.165) is 16.9 Å². The Morgan fingerprint density at radius 2 is 1.92 bits per heavy atom. The molecule has 142 valence electrons. The number of aliphatic imine (C=N–C) groups is 1. The molecule has 0 spiro atoms.